The van der Waals surface area contributed by atoms with Gasteiger partial charge < -0.3 is 5.11 Å². The molecule has 0 aromatic carbocycles. The molecule has 2 rings (SSSR count). The maximum atomic E-state index is 11.5. The van der Waals surface area contributed by atoms with Crippen LogP contribution in [0.1, 0.15) is 12.0 Å². The predicted molar refractivity (Wildman–Crippen MR) is 57.0 cm³/mol. The van der Waals surface area contributed by atoms with Gasteiger partial charge in [0.25, 0.3) is 0 Å². The molecule has 0 saturated carbocycles. The molecule has 0 aliphatic carbocycles. The smallest absolute Gasteiger partial charge is 0.230 e. The topological polar surface area (TPSA) is 53.4 Å². The van der Waals surface area contributed by atoms with Crippen molar-refractivity contribution < 1.29 is 9.90 Å². The quantitative estimate of drug-likeness (QED) is 0.782. The van der Waals surface area contributed by atoms with Gasteiger partial charge in [0, 0.05) is 6.20 Å². The van der Waals surface area contributed by atoms with E-state index in [0.717, 1.165) is 5.56 Å². The number of hydrogen-bond acceptors (Lipinski definition) is 3. The number of halogens is 1. The zero-order valence-corrected chi connectivity index (χ0v) is 9.03. The lowest BCUT2D eigenvalue weighted by molar-refractivity contribution is -0.117. The molecule has 0 bridgehead atoms. The third kappa shape index (κ3) is 1.96. The summed E-state index contributed by atoms with van der Waals surface area (Å²) in [7, 11) is 0. The molecule has 0 radical (unpaired) electrons. The molecule has 15 heavy (non-hydrogen) atoms. The fourth-order valence-corrected chi connectivity index (χ4v) is 1.92. The van der Waals surface area contributed by atoms with Crippen LogP contribution in [0.15, 0.2) is 12.3 Å². The highest BCUT2D eigenvalue weighted by Gasteiger charge is 2.30. The molecule has 1 aliphatic rings. The van der Waals surface area contributed by atoms with Gasteiger partial charge in [-0.3, -0.25) is 9.69 Å². The van der Waals surface area contributed by atoms with Crippen LogP contribution in [0.4, 0.5) is 5.82 Å². The number of carbonyl (C=O) groups excluding carboxylic acids is 1. The second-order valence-electron chi connectivity index (χ2n) is 3.66. The number of aromatic nitrogens is 1. The predicted octanol–water partition coefficient (Wildman–Crippen LogP) is 1.14. The summed E-state index contributed by atoms with van der Waals surface area (Å²) >= 11 is 5.77. The van der Waals surface area contributed by atoms with Gasteiger partial charge in [-0.15, -0.1) is 0 Å². The summed E-state index contributed by atoms with van der Waals surface area (Å²) in [5.41, 5.74) is 0.838. The minimum atomic E-state index is -0.589. The van der Waals surface area contributed by atoms with Gasteiger partial charge in [0.1, 0.15) is 5.82 Å². The van der Waals surface area contributed by atoms with E-state index in [2.05, 4.69) is 4.98 Å². The number of aliphatic hydroxyl groups excluding tert-OH is 1. The Bertz CT molecular complexity index is 408. The third-order valence-electron chi connectivity index (χ3n) is 2.38. The van der Waals surface area contributed by atoms with Gasteiger partial charge >= 0.3 is 0 Å². The summed E-state index contributed by atoms with van der Waals surface area (Å²) < 4.78 is 0. The number of β-amino-alcohol motifs (C(OH)–C–C–N with tert-alkyl or cyclic N) is 1. The van der Waals surface area contributed by atoms with Crippen molar-refractivity contribution in [2.75, 3.05) is 11.4 Å². The Hall–Kier alpha value is -1.13. The summed E-state index contributed by atoms with van der Waals surface area (Å²) in [5.74, 6) is 0.487. The summed E-state index contributed by atoms with van der Waals surface area (Å²) in [6, 6.07) is 1.75. The van der Waals surface area contributed by atoms with Gasteiger partial charge in [-0.05, 0) is 18.6 Å². The van der Waals surface area contributed by atoms with Gasteiger partial charge in [0.2, 0.25) is 5.91 Å². The number of hydrogen-bond donors (Lipinski definition) is 1. The summed E-state index contributed by atoms with van der Waals surface area (Å²) in [4.78, 5) is 17.1. The molecular weight excluding hydrogens is 216 g/mol. The van der Waals surface area contributed by atoms with Gasteiger partial charge in [-0.1, -0.05) is 11.6 Å². The molecule has 0 spiro atoms. The molecule has 80 valence electrons. The Morgan fingerprint density at radius 3 is 2.93 bits per heavy atom. The average molecular weight is 227 g/mol. The van der Waals surface area contributed by atoms with E-state index < -0.39 is 6.10 Å². The maximum Gasteiger partial charge on any atom is 0.230 e. The lowest BCUT2D eigenvalue weighted by Gasteiger charge is -2.16. The zero-order chi connectivity index (χ0) is 11.0. The van der Waals surface area contributed by atoms with Gasteiger partial charge in [0.15, 0.2) is 0 Å². The van der Waals surface area contributed by atoms with Crippen molar-refractivity contribution >= 4 is 23.3 Å². The summed E-state index contributed by atoms with van der Waals surface area (Å²) in [6.07, 6.45) is 1.08. The number of aryl methyl sites for hydroxylation is 1. The molecule has 1 atom stereocenters. The van der Waals surface area contributed by atoms with E-state index in [0.29, 0.717) is 17.4 Å². The zero-order valence-electron chi connectivity index (χ0n) is 8.27. The molecule has 1 aliphatic heterocycles. The molecule has 1 amide bonds. The molecule has 1 fully saturated rings. The highest BCUT2D eigenvalue weighted by atomic mass is 35.5. The number of rotatable bonds is 1. The van der Waals surface area contributed by atoms with Crippen molar-refractivity contribution in [1.29, 1.82) is 0 Å². The number of anilines is 1. The Balaban J connectivity index is 2.34. The van der Waals surface area contributed by atoms with E-state index in [1.165, 1.54) is 11.1 Å². The Labute approximate surface area is 92.5 Å². The molecule has 1 aromatic rings. The van der Waals surface area contributed by atoms with Crippen molar-refractivity contribution in [1.82, 2.24) is 4.98 Å². The Morgan fingerprint density at radius 2 is 2.40 bits per heavy atom. The number of amides is 1. The average Bonchev–Trinajstić information content (AvgIpc) is 2.45. The first kappa shape index (κ1) is 10.4. The lowest BCUT2D eigenvalue weighted by Crippen LogP contribution is -2.26. The monoisotopic (exact) mass is 226 g/mol. The number of carbonyl (C=O) groups is 1. The fraction of sp³-hybridized carbons (Fsp3) is 0.400. The second-order valence-corrected chi connectivity index (χ2v) is 4.09. The minimum absolute atomic E-state index is 0.0968. The van der Waals surface area contributed by atoms with Crippen molar-refractivity contribution in [2.45, 2.75) is 19.4 Å². The van der Waals surface area contributed by atoms with Crippen LogP contribution < -0.4 is 4.90 Å². The highest BCUT2D eigenvalue weighted by Crippen LogP contribution is 2.24. The van der Waals surface area contributed by atoms with Crippen LogP contribution in [0, 0.1) is 6.92 Å². The van der Waals surface area contributed by atoms with Crippen LogP contribution in [-0.2, 0) is 4.79 Å². The van der Waals surface area contributed by atoms with Crippen LogP contribution in [0.2, 0.25) is 5.02 Å². The molecule has 1 unspecified atom stereocenters. The van der Waals surface area contributed by atoms with Crippen LogP contribution in [0.25, 0.3) is 0 Å². The van der Waals surface area contributed by atoms with Crippen molar-refractivity contribution in [2.24, 2.45) is 0 Å². The van der Waals surface area contributed by atoms with E-state index in [9.17, 15) is 9.90 Å². The standard InChI is InChI=1S/C10H11ClN2O2/c1-6-2-7(11)4-12-10(6)13-5-8(14)3-9(13)15/h2,4,8,14H,3,5H2,1H3. The van der Waals surface area contributed by atoms with Crippen molar-refractivity contribution in [3.63, 3.8) is 0 Å². The van der Waals surface area contributed by atoms with Crippen LogP contribution in [0.5, 0.6) is 0 Å². The molecule has 1 N–H and O–H groups in total. The largest absolute Gasteiger partial charge is 0.391 e. The molecule has 5 heteroatoms. The van der Waals surface area contributed by atoms with E-state index >= 15 is 0 Å². The normalized spacial score (nSPS) is 21.1. The summed E-state index contributed by atoms with van der Waals surface area (Å²) in [5, 5.41) is 9.91. The molecular formula is C10H11ClN2O2. The highest BCUT2D eigenvalue weighted by molar-refractivity contribution is 6.30. The van der Waals surface area contributed by atoms with Crippen LogP contribution in [0.3, 0.4) is 0 Å². The maximum absolute atomic E-state index is 11.5. The molecule has 1 saturated heterocycles. The van der Waals surface area contributed by atoms with Crippen molar-refractivity contribution in [3.8, 4) is 0 Å². The fourth-order valence-electron chi connectivity index (χ4n) is 1.71. The van der Waals surface area contributed by atoms with Crippen LogP contribution in [-0.4, -0.2) is 28.6 Å². The number of nitrogens with zero attached hydrogens (tertiary/aromatic N) is 2. The summed E-state index contributed by atoms with van der Waals surface area (Å²) in [6.45, 7) is 2.15. The first-order valence-electron chi connectivity index (χ1n) is 4.68. The first-order chi connectivity index (χ1) is 7.08. The van der Waals surface area contributed by atoms with E-state index in [-0.39, 0.29) is 12.3 Å². The van der Waals surface area contributed by atoms with Crippen molar-refractivity contribution in [3.05, 3.63) is 22.8 Å². The van der Waals surface area contributed by atoms with Gasteiger partial charge in [-0.25, -0.2) is 4.98 Å². The third-order valence-corrected chi connectivity index (χ3v) is 2.58. The van der Waals surface area contributed by atoms with Gasteiger partial charge in [0.05, 0.1) is 24.1 Å². The van der Waals surface area contributed by atoms with Crippen LogP contribution >= 0.6 is 11.6 Å². The molecule has 2 heterocycles. The lowest BCUT2D eigenvalue weighted by atomic mass is 10.3. The second kappa shape index (κ2) is 3.79. The minimum Gasteiger partial charge on any atom is -0.391 e. The SMILES string of the molecule is Cc1cc(Cl)cnc1N1CC(O)CC1=O. The number of pyridine rings is 1. The number of aliphatic hydroxyl groups is 1. The first-order valence-corrected chi connectivity index (χ1v) is 5.06. The van der Waals surface area contributed by atoms with E-state index in [1.807, 2.05) is 6.92 Å². The van der Waals surface area contributed by atoms with Gasteiger partial charge in [-0.2, -0.15) is 0 Å². The molecule has 4 nitrogen and oxygen atoms in total. The Kier molecular flexibility index (Phi) is 2.63. The molecule has 1 aromatic heterocycles. The Morgan fingerprint density at radius 1 is 1.67 bits per heavy atom. The van der Waals surface area contributed by atoms with E-state index in [1.54, 1.807) is 6.07 Å². The van der Waals surface area contributed by atoms with E-state index in [4.69, 9.17) is 11.6 Å².